The number of nitrogens with zero attached hydrogens (tertiary/aromatic N) is 3. The monoisotopic (exact) mass is 490 g/mol. The van der Waals surface area contributed by atoms with Gasteiger partial charge in [-0.2, -0.15) is 10.4 Å². The van der Waals surface area contributed by atoms with Gasteiger partial charge < -0.3 is 10.6 Å². The van der Waals surface area contributed by atoms with Crippen LogP contribution in [-0.2, 0) is 12.0 Å². The van der Waals surface area contributed by atoms with E-state index in [0.717, 1.165) is 28.1 Å². The molecule has 1 aromatic heterocycles. The standard InChI is InChI=1S/C29H26N6O2/c1-29(2,3)25-15-26(35(34-25)21-13-7-18(16-30)8-14-21)33-28(37)32-20-11-9-19(10-12-20)22-5-4-6-23-24(22)17-31-27(23)36/h4-15H,17H2,1-3H3,(H,31,36)(H2,32,33,37). The first-order valence-corrected chi connectivity index (χ1v) is 11.9. The molecule has 4 aromatic rings. The van der Waals surface area contributed by atoms with Crippen LogP contribution in [0.4, 0.5) is 16.3 Å². The number of hydrogen-bond acceptors (Lipinski definition) is 4. The Morgan fingerprint density at radius 3 is 2.38 bits per heavy atom. The zero-order valence-corrected chi connectivity index (χ0v) is 20.8. The van der Waals surface area contributed by atoms with Gasteiger partial charge >= 0.3 is 6.03 Å². The van der Waals surface area contributed by atoms with Gasteiger partial charge in [-0.25, -0.2) is 9.48 Å². The van der Waals surface area contributed by atoms with E-state index in [0.29, 0.717) is 29.2 Å². The molecule has 0 spiro atoms. The Kier molecular flexibility index (Phi) is 5.98. The summed E-state index contributed by atoms with van der Waals surface area (Å²) in [4.78, 5) is 24.9. The predicted molar refractivity (Wildman–Crippen MR) is 143 cm³/mol. The number of anilines is 2. The van der Waals surface area contributed by atoms with E-state index in [4.69, 9.17) is 10.4 Å². The topological polar surface area (TPSA) is 112 Å². The molecule has 0 atom stereocenters. The lowest BCUT2D eigenvalue weighted by Gasteiger charge is -2.14. The Morgan fingerprint density at radius 1 is 1.00 bits per heavy atom. The maximum atomic E-state index is 12.9. The van der Waals surface area contributed by atoms with E-state index in [1.54, 1.807) is 28.9 Å². The fraction of sp³-hybridized carbons (Fsp3) is 0.172. The summed E-state index contributed by atoms with van der Waals surface area (Å²) in [6.45, 7) is 6.67. The number of hydrogen-bond donors (Lipinski definition) is 3. The van der Waals surface area contributed by atoms with Gasteiger partial charge in [0.15, 0.2) is 0 Å². The molecule has 0 saturated carbocycles. The second-order valence-corrected chi connectivity index (χ2v) is 9.91. The van der Waals surface area contributed by atoms with Crippen LogP contribution in [0.1, 0.15) is 48.0 Å². The van der Waals surface area contributed by atoms with Crippen LogP contribution in [0.2, 0.25) is 0 Å². The fourth-order valence-corrected chi connectivity index (χ4v) is 4.25. The Labute approximate surface area is 214 Å². The number of nitriles is 1. The highest BCUT2D eigenvalue weighted by molar-refractivity contribution is 6.01. The van der Waals surface area contributed by atoms with E-state index in [2.05, 4.69) is 42.8 Å². The Bertz CT molecular complexity index is 1540. The number of amides is 3. The molecule has 8 nitrogen and oxygen atoms in total. The lowest BCUT2D eigenvalue weighted by atomic mass is 9.92. The van der Waals surface area contributed by atoms with Gasteiger partial charge in [-0.15, -0.1) is 0 Å². The third-order valence-electron chi connectivity index (χ3n) is 6.26. The minimum absolute atomic E-state index is 0.0540. The van der Waals surface area contributed by atoms with Crippen molar-refractivity contribution in [3.63, 3.8) is 0 Å². The molecule has 0 saturated heterocycles. The van der Waals surface area contributed by atoms with Crippen LogP contribution in [0.15, 0.2) is 72.8 Å². The average molecular weight is 491 g/mol. The van der Waals surface area contributed by atoms with Crippen LogP contribution in [0, 0.1) is 11.3 Å². The van der Waals surface area contributed by atoms with Gasteiger partial charge in [0.1, 0.15) is 5.82 Å². The molecule has 0 radical (unpaired) electrons. The number of carbonyl (C=O) groups is 2. The van der Waals surface area contributed by atoms with Crippen LogP contribution in [0.25, 0.3) is 16.8 Å². The molecule has 3 amide bonds. The van der Waals surface area contributed by atoms with Crippen LogP contribution >= 0.6 is 0 Å². The summed E-state index contributed by atoms with van der Waals surface area (Å²) in [5, 5.41) is 22.5. The largest absolute Gasteiger partial charge is 0.348 e. The molecular formula is C29H26N6O2. The molecule has 0 unspecified atom stereocenters. The lowest BCUT2D eigenvalue weighted by Crippen LogP contribution is -2.21. The highest BCUT2D eigenvalue weighted by atomic mass is 16.2. The molecule has 0 bridgehead atoms. The maximum Gasteiger partial charge on any atom is 0.324 e. The molecule has 3 N–H and O–H groups in total. The molecule has 5 rings (SSSR count). The fourth-order valence-electron chi connectivity index (χ4n) is 4.25. The number of urea groups is 1. The van der Waals surface area contributed by atoms with E-state index in [1.165, 1.54) is 0 Å². The van der Waals surface area contributed by atoms with Gasteiger partial charge in [0.25, 0.3) is 5.91 Å². The summed E-state index contributed by atoms with van der Waals surface area (Å²) in [6.07, 6.45) is 0. The van der Waals surface area contributed by atoms with Gasteiger partial charge in [-0.3, -0.25) is 10.1 Å². The normalized spacial score (nSPS) is 12.4. The molecule has 3 aromatic carbocycles. The van der Waals surface area contributed by atoms with E-state index < -0.39 is 6.03 Å². The summed E-state index contributed by atoms with van der Waals surface area (Å²) in [6, 6.07) is 23.8. The summed E-state index contributed by atoms with van der Waals surface area (Å²) in [7, 11) is 0. The molecule has 2 heterocycles. The highest BCUT2D eigenvalue weighted by Gasteiger charge is 2.23. The third-order valence-corrected chi connectivity index (χ3v) is 6.26. The third kappa shape index (κ3) is 4.80. The molecule has 37 heavy (non-hydrogen) atoms. The zero-order chi connectivity index (χ0) is 26.2. The summed E-state index contributed by atoms with van der Waals surface area (Å²) < 4.78 is 1.66. The second-order valence-electron chi connectivity index (χ2n) is 9.91. The first kappa shape index (κ1) is 23.8. The van der Waals surface area contributed by atoms with Crippen molar-refractivity contribution in [2.75, 3.05) is 10.6 Å². The quantitative estimate of drug-likeness (QED) is 0.346. The van der Waals surface area contributed by atoms with Crippen molar-refractivity contribution in [3.8, 4) is 22.9 Å². The predicted octanol–water partition coefficient (Wildman–Crippen LogP) is 5.60. The van der Waals surface area contributed by atoms with Crippen LogP contribution < -0.4 is 16.0 Å². The van der Waals surface area contributed by atoms with E-state index >= 15 is 0 Å². The van der Waals surface area contributed by atoms with E-state index in [9.17, 15) is 9.59 Å². The van der Waals surface area contributed by atoms with Crippen molar-refractivity contribution in [1.29, 1.82) is 5.26 Å². The average Bonchev–Trinajstić information content (AvgIpc) is 3.48. The van der Waals surface area contributed by atoms with Crippen molar-refractivity contribution in [2.45, 2.75) is 32.7 Å². The molecule has 1 aliphatic heterocycles. The minimum atomic E-state index is -0.404. The van der Waals surface area contributed by atoms with Crippen LogP contribution in [-0.4, -0.2) is 21.7 Å². The Balaban J connectivity index is 1.35. The molecule has 1 aliphatic rings. The van der Waals surface area contributed by atoms with Gasteiger partial charge in [0.2, 0.25) is 0 Å². The van der Waals surface area contributed by atoms with Gasteiger partial charge in [0, 0.05) is 29.3 Å². The van der Waals surface area contributed by atoms with Crippen molar-refractivity contribution in [2.24, 2.45) is 0 Å². The summed E-state index contributed by atoms with van der Waals surface area (Å²) >= 11 is 0. The van der Waals surface area contributed by atoms with Gasteiger partial charge in [-0.1, -0.05) is 45.0 Å². The lowest BCUT2D eigenvalue weighted by molar-refractivity contribution is 0.0965. The minimum Gasteiger partial charge on any atom is -0.348 e. The maximum absolute atomic E-state index is 12.9. The van der Waals surface area contributed by atoms with E-state index in [-0.39, 0.29) is 11.3 Å². The Morgan fingerprint density at radius 2 is 1.70 bits per heavy atom. The summed E-state index contributed by atoms with van der Waals surface area (Å²) in [5.74, 6) is 0.461. The number of carbonyl (C=O) groups excluding carboxylic acids is 2. The number of rotatable bonds is 4. The number of nitrogens with one attached hydrogen (secondary N) is 3. The van der Waals surface area contributed by atoms with Crippen molar-refractivity contribution in [3.05, 3.63) is 95.2 Å². The molecule has 0 fully saturated rings. The van der Waals surface area contributed by atoms with Crippen molar-refractivity contribution >= 4 is 23.4 Å². The number of fused-ring (bicyclic) bond motifs is 1. The van der Waals surface area contributed by atoms with Gasteiger partial charge in [0.05, 0.1) is 23.0 Å². The van der Waals surface area contributed by atoms with E-state index in [1.807, 2.05) is 48.5 Å². The molecular weight excluding hydrogens is 464 g/mol. The highest BCUT2D eigenvalue weighted by Crippen LogP contribution is 2.30. The number of benzene rings is 3. The smallest absolute Gasteiger partial charge is 0.324 e. The summed E-state index contributed by atoms with van der Waals surface area (Å²) in [5.41, 5.74) is 6.15. The first-order chi connectivity index (χ1) is 17.7. The van der Waals surface area contributed by atoms with Crippen molar-refractivity contribution in [1.82, 2.24) is 15.1 Å². The first-order valence-electron chi connectivity index (χ1n) is 11.9. The van der Waals surface area contributed by atoms with Gasteiger partial charge in [-0.05, 0) is 59.2 Å². The molecule has 0 aliphatic carbocycles. The Hall–Kier alpha value is -4.90. The van der Waals surface area contributed by atoms with Crippen molar-refractivity contribution < 1.29 is 9.59 Å². The molecule has 8 heteroatoms. The SMILES string of the molecule is CC(C)(C)c1cc(NC(=O)Nc2ccc(-c3cccc4c3CNC4=O)cc2)n(-c2ccc(C#N)cc2)n1. The zero-order valence-electron chi connectivity index (χ0n) is 20.8. The van der Waals surface area contributed by atoms with Crippen LogP contribution in [0.5, 0.6) is 0 Å². The second kappa shape index (κ2) is 9.28. The number of aromatic nitrogens is 2. The van der Waals surface area contributed by atoms with Crippen LogP contribution in [0.3, 0.4) is 0 Å². The molecule has 184 valence electrons.